The molecule has 7 nitrogen and oxygen atoms in total. The second-order valence-corrected chi connectivity index (χ2v) is 7.10. The van der Waals surface area contributed by atoms with E-state index < -0.39 is 6.04 Å². The summed E-state index contributed by atoms with van der Waals surface area (Å²) in [7, 11) is 0. The van der Waals surface area contributed by atoms with Gasteiger partial charge in [0.25, 0.3) is 5.91 Å². The molecule has 0 unspecified atom stereocenters. The number of carbonyl (C=O) groups is 2. The predicted molar refractivity (Wildman–Crippen MR) is 119 cm³/mol. The molecule has 1 aliphatic rings. The lowest BCUT2D eigenvalue weighted by Crippen LogP contribution is -2.39. The van der Waals surface area contributed by atoms with E-state index in [0.29, 0.717) is 44.2 Å². The van der Waals surface area contributed by atoms with Crippen LogP contribution in [0, 0.1) is 0 Å². The number of ether oxygens (including phenoxy) is 3. The number of rotatable bonds is 11. The standard InChI is InChI=1S/C24H30N2O5/c1-4-29-19-10-8-18(9-11-19)26-23(27)16-20(24(26)28)25-14-13-17-7-12-21(30-5-2)22(15-17)31-6-3/h7-12,15,20,25H,4-6,13-14,16H2,1-3H3/t20-/m1/s1. The molecule has 0 radical (unpaired) electrons. The lowest BCUT2D eigenvalue weighted by atomic mass is 10.1. The van der Waals surface area contributed by atoms with Crippen LogP contribution in [0.4, 0.5) is 5.69 Å². The molecule has 3 rings (SSSR count). The molecule has 1 saturated heterocycles. The molecule has 2 aromatic rings. The maximum Gasteiger partial charge on any atom is 0.251 e. The zero-order valence-corrected chi connectivity index (χ0v) is 18.3. The Labute approximate surface area is 183 Å². The van der Waals surface area contributed by atoms with Crippen molar-refractivity contribution in [3.63, 3.8) is 0 Å². The van der Waals surface area contributed by atoms with Crippen molar-refractivity contribution >= 4 is 17.5 Å². The molecular formula is C24H30N2O5. The van der Waals surface area contributed by atoms with Crippen LogP contribution in [-0.2, 0) is 16.0 Å². The normalized spacial score (nSPS) is 16.0. The molecule has 0 aromatic heterocycles. The lowest BCUT2D eigenvalue weighted by molar-refractivity contribution is -0.121. The van der Waals surface area contributed by atoms with Gasteiger partial charge in [0.15, 0.2) is 11.5 Å². The summed E-state index contributed by atoms with van der Waals surface area (Å²) < 4.78 is 16.7. The van der Waals surface area contributed by atoms with Crippen LogP contribution >= 0.6 is 0 Å². The molecule has 2 amide bonds. The van der Waals surface area contributed by atoms with E-state index in [4.69, 9.17) is 14.2 Å². The zero-order chi connectivity index (χ0) is 22.2. The van der Waals surface area contributed by atoms with E-state index in [9.17, 15) is 9.59 Å². The van der Waals surface area contributed by atoms with E-state index >= 15 is 0 Å². The van der Waals surface area contributed by atoms with Crippen LogP contribution in [0.15, 0.2) is 42.5 Å². The predicted octanol–water partition coefficient (Wildman–Crippen LogP) is 3.35. The molecule has 1 aliphatic heterocycles. The highest BCUT2D eigenvalue weighted by Gasteiger charge is 2.39. The summed E-state index contributed by atoms with van der Waals surface area (Å²) in [6.45, 7) is 8.04. The van der Waals surface area contributed by atoms with Gasteiger partial charge in [-0.15, -0.1) is 0 Å². The fourth-order valence-corrected chi connectivity index (χ4v) is 3.56. The maximum absolute atomic E-state index is 12.8. The van der Waals surface area contributed by atoms with Crippen LogP contribution in [0.3, 0.4) is 0 Å². The van der Waals surface area contributed by atoms with Gasteiger partial charge >= 0.3 is 0 Å². The number of anilines is 1. The molecule has 7 heteroatoms. The minimum Gasteiger partial charge on any atom is -0.494 e. The van der Waals surface area contributed by atoms with Crippen LogP contribution in [0.1, 0.15) is 32.8 Å². The smallest absolute Gasteiger partial charge is 0.251 e. The first-order valence-corrected chi connectivity index (χ1v) is 10.8. The fourth-order valence-electron chi connectivity index (χ4n) is 3.56. The third kappa shape index (κ3) is 5.55. The number of amides is 2. The summed E-state index contributed by atoms with van der Waals surface area (Å²) >= 11 is 0. The van der Waals surface area contributed by atoms with E-state index in [1.165, 1.54) is 4.90 Å². The summed E-state index contributed by atoms with van der Waals surface area (Å²) in [6.07, 6.45) is 0.854. The Kier molecular flexibility index (Phi) is 7.89. The second-order valence-electron chi connectivity index (χ2n) is 7.10. The summed E-state index contributed by atoms with van der Waals surface area (Å²) in [5.74, 6) is 1.73. The number of imide groups is 1. The Balaban J connectivity index is 1.58. The lowest BCUT2D eigenvalue weighted by Gasteiger charge is -2.16. The first-order valence-electron chi connectivity index (χ1n) is 10.8. The Morgan fingerprint density at radius 1 is 0.903 bits per heavy atom. The average Bonchev–Trinajstić information content (AvgIpc) is 3.04. The number of nitrogens with zero attached hydrogens (tertiary/aromatic N) is 1. The monoisotopic (exact) mass is 426 g/mol. The second kappa shape index (κ2) is 10.8. The minimum absolute atomic E-state index is 0.152. The van der Waals surface area contributed by atoms with Gasteiger partial charge in [-0.05, 0) is 75.7 Å². The van der Waals surface area contributed by atoms with Crippen molar-refractivity contribution in [2.24, 2.45) is 0 Å². The van der Waals surface area contributed by atoms with E-state index in [1.807, 2.05) is 39.0 Å². The SMILES string of the molecule is CCOc1ccc(N2C(=O)C[C@@H](NCCc3ccc(OCC)c(OCC)c3)C2=O)cc1. The summed E-state index contributed by atoms with van der Waals surface area (Å²) in [6, 6.07) is 12.3. The molecular weight excluding hydrogens is 396 g/mol. The Morgan fingerprint density at radius 3 is 2.26 bits per heavy atom. The van der Waals surface area contributed by atoms with Crippen LogP contribution in [0.25, 0.3) is 0 Å². The van der Waals surface area contributed by atoms with Gasteiger partial charge < -0.3 is 19.5 Å². The summed E-state index contributed by atoms with van der Waals surface area (Å²) in [5.41, 5.74) is 1.63. The highest BCUT2D eigenvalue weighted by atomic mass is 16.5. The number of nitrogens with one attached hydrogen (secondary N) is 1. The molecule has 0 saturated carbocycles. The van der Waals surface area contributed by atoms with Crippen molar-refractivity contribution in [3.8, 4) is 17.2 Å². The highest BCUT2D eigenvalue weighted by molar-refractivity contribution is 6.22. The molecule has 31 heavy (non-hydrogen) atoms. The van der Waals surface area contributed by atoms with Gasteiger partial charge in [0.05, 0.1) is 38.0 Å². The number of hydrogen-bond donors (Lipinski definition) is 1. The molecule has 1 heterocycles. The van der Waals surface area contributed by atoms with E-state index in [0.717, 1.165) is 17.1 Å². The van der Waals surface area contributed by atoms with Crippen LogP contribution in [0.5, 0.6) is 17.2 Å². The molecule has 0 bridgehead atoms. The number of benzene rings is 2. The van der Waals surface area contributed by atoms with Crippen molar-refractivity contribution in [2.75, 3.05) is 31.3 Å². The highest BCUT2D eigenvalue weighted by Crippen LogP contribution is 2.29. The molecule has 2 aromatic carbocycles. The average molecular weight is 427 g/mol. The van der Waals surface area contributed by atoms with Gasteiger partial charge in [-0.3, -0.25) is 9.59 Å². The molecule has 0 aliphatic carbocycles. The van der Waals surface area contributed by atoms with Crippen molar-refractivity contribution < 1.29 is 23.8 Å². The van der Waals surface area contributed by atoms with E-state index in [-0.39, 0.29) is 18.2 Å². The third-order valence-electron chi connectivity index (χ3n) is 4.96. The Hall–Kier alpha value is -3.06. The van der Waals surface area contributed by atoms with Crippen molar-refractivity contribution in [1.82, 2.24) is 5.32 Å². The van der Waals surface area contributed by atoms with Gasteiger partial charge in [0.2, 0.25) is 5.91 Å². The van der Waals surface area contributed by atoms with Gasteiger partial charge in [0.1, 0.15) is 5.75 Å². The molecule has 0 spiro atoms. The largest absolute Gasteiger partial charge is 0.494 e. The van der Waals surface area contributed by atoms with Gasteiger partial charge in [0, 0.05) is 0 Å². The van der Waals surface area contributed by atoms with Gasteiger partial charge in [-0.25, -0.2) is 4.90 Å². The fraction of sp³-hybridized carbons (Fsp3) is 0.417. The molecule has 1 fully saturated rings. The van der Waals surface area contributed by atoms with Crippen molar-refractivity contribution in [3.05, 3.63) is 48.0 Å². The third-order valence-corrected chi connectivity index (χ3v) is 4.96. The topological polar surface area (TPSA) is 77.1 Å². The van der Waals surface area contributed by atoms with Crippen molar-refractivity contribution in [2.45, 2.75) is 39.7 Å². The number of hydrogen-bond acceptors (Lipinski definition) is 6. The zero-order valence-electron chi connectivity index (χ0n) is 18.3. The molecule has 1 N–H and O–H groups in total. The number of carbonyl (C=O) groups excluding carboxylic acids is 2. The van der Waals surface area contributed by atoms with E-state index in [1.54, 1.807) is 24.3 Å². The Bertz CT molecular complexity index is 897. The first-order chi connectivity index (χ1) is 15.1. The van der Waals surface area contributed by atoms with Crippen LogP contribution in [-0.4, -0.2) is 44.2 Å². The van der Waals surface area contributed by atoms with Gasteiger partial charge in [-0.1, -0.05) is 6.07 Å². The quantitative estimate of drug-likeness (QED) is 0.556. The maximum atomic E-state index is 12.8. The van der Waals surface area contributed by atoms with Crippen LogP contribution < -0.4 is 24.4 Å². The van der Waals surface area contributed by atoms with Crippen LogP contribution in [0.2, 0.25) is 0 Å². The molecule has 166 valence electrons. The van der Waals surface area contributed by atoms with E-state index in [2.05, 4.69) is 5.32 Å². The summed E-state index contributed by atoms with van der Waals surface area (Å²) in [4.78, 5) is 26.5. The van der Waals surface area contributed by atoms with Crippen molar-refractivity contribution in [1.29, 1.82) is 0 Å². The molecule has 1 atom stereocenters. The summed E-state index contributed by atoms with van der Waals surface area (Å²) in [5, 5.41) is 3.22. The Morgan fingerprint density at radius 2 is 1.58 bits per heavy atom. The first kappa shape index (κ1) is 22.6. The van der Waals surface area contributed by atoms with Gasteiger partial charge in [-0.2, -0.15) is 0 Å². The minimum atomic E-state index is -0.520.